The quantitative estimate of drug-likeness (QED) is 0.336. The molecule has 39 heavy (non-hydrogen) atoms. The zero-order valence-corrected chi connectivity index (χ0v) is 23.6. The van der Waals surface area contributed by atoms with E-state index in [9.17, 15) is 19.2 Å². The van der Waals surface area contributed by atoms with Crippen molar-refractivity contribution in [2.24, 2.45) is 5.92 Å². The van der Waals surface area contributed by atoms with Crippen molar-refractivity contribution in [2.45, 2.75) is 83.0 Å². The lowest BCUT2D eigenvalue weighted by atomic mass is 9.97. The van der Waals surface area contributed by atoms with Crippen molar-refractivity contribution in [3.8, 4) is 11.4 Å². The van der Waals surface area contributed by atoms with Crippen LogP contribution >= 0.6 is 11.8 Å². The van der Waals surface area contributed by atoms with Crippen molar-refractivity contribution < 1.29 is 38.1 Å². The second kappa shape index (κ2) is 13.6. The second-order valence-electron chi connectivity index (χ2n) is 9.51. The summed E-state index contributed by atoms with van der Waals surface area (Å²) in [5.41, 5.74) is -0.00901. The Morgan fingerprint density at radius 3 is 2.18 bits per heavy atom. The number of ether oxygens (including phenoxy) is 4. The summed E-state index contributed by atoms with van der Waals surface area (Å²) in [6, 6.07) is 8.65. The van der Waals surface area contributed by atoms with E-state index in [0.717, 1.165) is 5.56 Å². The maximum Gasteiger partial charge on any atom is 0.303 e. The average molecular weight is 563 g/mol. The first kappa shape index (κ1) is 30.1. The fraction of sp³-hybridized carbons (Fsp3) is 0.538. The molecule has 1 N–H and O–H groups in total. The van der Waals surface area contributed by atoms with E-state index in [1.54, 1.807) is 0 Å². The van der Waals surface area contributed by atoms with Gasteiger partial charge in [0.1, 0.15) is 24.2 Å². The number of amides is 1. The van der Waals surface area contributed by atoms with Gasteiger partial charge in [0.05, 0.1) is 0 Å². The van der Waals surface area contributed by atoms with E-state index in [2.05, 4.69) is 29.4 Å². The normalized spacial score (nSPS) is 22.7. The molecular weight excluding hydrogens is 528 g/mol. The summed E-state index contributed by atoms with van der Waals surface area (Å²) in [4.78, 5) is 47.9. The van der Waals surface area contributed by atoms with Gasteiger partial charge in [0.15, 0.2) is 23.2 Å². The smallest absolute Gasteiger partial charge is 0.303 e. The van der Waals surface area contributed by atoms with Gasteiger partial charge in [-0.3, -0.25) is 19.2 Å². The summed E-state index contributed by atoms with van der Waals surface area (Å²) >= 11 is 1.17. The molecule has 0 radical (unpaired) electrons. The van der Waals surface area contributed by atoms with Crippen LogP contribution in [0.2, 0.25) is 0 Å². The predicted octanol–water partition coefficient (Wildman–Crippen LogP) is 2.35. The molecule has 0 aliphatic carbocycles. The lowest BCUT2D eigenvalue weighted by Crippen LogP contribution is -2.65. The Morgan fingerprint density at radius 1 is 0.974 bits per heavy atom. The topological polar surface area (TPSA) is 148 Å². The number of hydrogen-bond donors (Lipinski definition) is 1. The number of benzene rings is 1. The first-order valence-corrected chi connectivity index (χ1v) is 13.4. The largest absolute Gasteiger partial charge is 0.463 e. The van der Waals surface area contributed by atoms with Crippen LogP contribution < -0.4 is 5.32 Å². The number of nitrogens with one attached hydrogen (secondary N) is 1. The number of carbonyl (C=O) groups excluding carboxylic acids is 4. The fourth-order valence-corrected chi connectivity index (χ4v) is 5.35. The molecule has 0 bridgehead atoms. The second-order valence-corrected chi connectivity index (χ2v) is 10.6. The Hall–Kier alpha value is -3.45. The molecule has 1 fully saturated rings. The molecule has 2 aromatic rings. The first-order valence-electron chi connectivity index (χ1n) is 12.5. The molecule has 1 aromatic heterocycles. The highest BCUT2D eigenvalue weighted by molar-refractivity contribution is 7.99. The van der Waals surface area contributed by atoms with Crippen molar-refractivity contribution in [3.63, 3.8) is 0 Å². The van der Waals surface area contributed by atoms with Crippen molar-refractivity contribution in [1.82, 2.24) is 20.1 Å². The molecule has 1 aliphatic heterocycles. The van der Waals surface area contributed by atoms with Crippen LogP contribution in [0.3, 0.4) is 0 Å². The third-order valence-electron chi connectivity index (χ3n) is 5.59. The van der Waals surface area contributed by atoms with Gasteiger partial charge in [-0.25, -0.2) is 0 Å². The molecule has 1 amide bonds. The number of carbonyl (C=O) groups is 4. The van der Waals surface area contributed by atoms with Crippen LogP contribution in [0.5, 0.6) is 0 Å². The summed E-state index contributed by atoms with van der Waals surface area (Å²) < 4.78 is 24.5. The van der Waals surface area contributed by atoms with Crippen LogP contribution in [-0.2, 0) is 44.7 Å². The molecule has 0 unspecified atom stereocenters. The lowest BCUT2D eigenvalue weighted by Gasteiger charge is -2.44. The fourth-order valence-electron chi connectivity index (χ4n) is 4.20. The van der Waals surface area contributed by atoms with E-state index < -0.39 is 53.6 Å². The molecule has 212 valence electrons. The Balaban J connectivity index is 2.05. The van der Waals surface area contributed by atoms with E-state index in [4.69, 9.17) is 18.9 Å². The minimum atomic E-state index is -1.16. The third kappa shape index (κ3) is 8.27. The first-order chi connectivity index (χ1) is 18.5. The van der Waals surface area contributed by atoms with Crippen molar-refractivity contribution in [3.05, 3.63) is 30.3 Å². The Labute approximate surface area is 231 Å². The third-order valence-corrected chi connectivity index (χ3v) is 6.74. The van der Waals surface area contributed by atoms with Crippen LogP contribution in [-0.4, -0.2) is 75.0 Å². The molecule has 1 aromatic carbocycles. The summed E-state index contributed by atoms with van der Waals surface area (Å²) in [5, 5.41) is 12.1. The van der Waals surface area contributed by atoms with Gasteiger partial charge < -0.3 is 28.8 Å². The number of aromatic nitrogens is 3. The van der Waals surface area contributed by atoms with Gasteiger partial charge in [-0.1, -0.05) is 55.9 Å². The average Bonchev–Trinajstić information content (AvgIpc) is 3.22. The maximum absolute atomic E-state index is 12.2. The summed E-state index contributed by atoms with van der Waals surface area (Å²) in [5.74, 6) is -1.39. The molecule has 1 saturated heterocycles. The van der Waals surface area contributed by atoms with Gasteiger partial charge in [-0.2, -0.15) is 0 Å². The van der Waals surface area contributed by atoms with Crippen molar-refractivity contribution in [1.29, 1.82) is 0 Å². The Bertz CT molecular complexity index is 1170. The van der Waals surface area contributed by atoms with Crippen molar-refractivity contribution in [2.75, 3.05) is 6.61 Å². The number of hydrogen-bond acceptors (Lipinski definition) is 11. The van der Waals surface area contributed by atoms with Gasteiger partial charge in [-0.05, 0) is 5.92 Å². The molecule has 2 heterocycles. The van der Waals surface area contributed by atoms with Gasteiger partial charge in [0.25, 0.3) is 0 Å². The molecule has 0 spiro atoms. The van der Waals surface area contributed by atoms with E-state index in [1.165, 1.54) is 39.5 Å². The van der Waals surface area contributed by atoms with Crippen LogP contribution in [0.4, 0.5) is 0 Å². The minimum Gasteiger partial charge on any atom is -0.463 e. The van der Waals surface area contributed by atoms with Crippen LogP contribution in [0.25, 0.3) is 11.4 Å². The predicted molar refractivity (Wildman–Crippen MR) is 140 cm³/mol. The van der Waals surface area contributed by atoms with Gasteiger partial charge in [0, 0.05) is 39.8 Å². The van der Waals surface area contributed by atoms with E-state index in [0.29, 0.717) is 17.5 Å². The van der Waals surface area contributed by atoms with Crippen LogP contribution in [0.15, 0.2) is 35.5 Å². The molecule has 1 aliphatic rings. The van der Waals surface area contributed by atoms with Gasteiger partial charge in [-0.15, -0.1) is 10.2 Å². The van der Waals surface area contributed by atoms with Crippen LogP contribution in [0.1, 0.15) is 41.5 Å². The molecule has 12 nitrogen and oxygen atoms in total. The molecule has 13 heteroatoms. The molecule has 5 atom stereocenters. The lowest BCUT2D eigenvalue weighted by molar-refractivity contribution is -0.211. The van der Waals surface area contributed by atoms with Gasteiger partial charge >= 0.3 is 17.9 Å². The molecular formula is C26H34N4O8S. The van der Waals surface area contributed by atoms with E-state index in [1.807, 2.05) is 34.9 Å². The zero-order chi connectivity index (χ0) is 28.7. The van der Waals surface area contributed by atoms with Gasteiger partial charge in [0.2, 0.25) is 5.91 Å². The summed E-state index contributed by atoms with van der Waals surface area (Å²) in [6.45, 7) is 9.40. The molecule has 3 rings (SSSR count). The zero-order valence-electron chi connectivity index (χ0n) is 22.8. The standard InChI is InChI=1S/C26H34N4O8S/c1-14(2)12-30-24(19-10-8-7-9-11-19)28-29-26(30)39-25-21(27-15(3)31)23(37-18(6)34)22(36-17(5)33)20(38-25)13-35-16(4)32/h7-11,14,20-23,25H,12-13H2,1-6H3,(H,27,31)/t20-,21-,22-,23-,25+/m1/s1. The Kier molecular flexibility index (Phi) is 10.5. The number of thioether (sulfide) groups is 1. The number of rotatable bonds is 10. The van der Waals surface area contributed by atoms with E-state index >= 15 is 0 Å². The number of nitrogens with zero attached hydrogens (tertiary/aromatic N) is 3. The number of esters is 3. The van der Waals surface area contributed by atoms with Crippen molar-refractivity contribution >= 4 is 35.6 Å². The maximum atomic E-state index is 12.2. The summed E-state index contributed by atoms with van der Waals surface area (Å²) in [6.07, 6.45) is -3.30. The minimum absolute atomic E-state index is 0.250. The van der Waals surface area contributed by atoms with Crippen LogP contribution in [0, 0.1) is 5.92 Å². The Morgan fingerprint density at radius 2 is 1.62 bits per heavy atom. The summed E-state index contributed by atoms with van der Waals surface area (Å²) in [7, 11) is 0. The monoisotopic (exact) mass is 562 g/mol. The molecule has 0 saturated carbocycles. The highest BCUT2D eigenvalue weighted by Crippen LogP contribution is 2.37. The highest BCUT2D eigenvalue weighted by Gasteiger charge is 2.51. The SMILES string of the molecule is CC(=O)N[C@@H]1[C@@H](OC(C)=O)[C@H](OC(C)=O)[C@@H](COC(C)=O)O[C@H]1Sc1nnc(-c2ccccc2)n1CC(C)C. The van der Waals surface area contributed by atoms with E-state index in [-0.39, 0.29) is 12.5 Å². The highest BCUT2D eigenvalue weighted by atomic mass is 32.2.